The summed E-state index contributed by atoms with van der Waals surface area (Å²) >= 11 is 3.47. The summed E-state index contributed by atoms with van der Waals surface area (Å²) in [5, 5.41) is 7.62. The van der Waals surface area contributed by atoms with Crippen LogP contribution in [0.5, 0.6) is 0 Å². The number of hydrogen-bond donors (Lipinski definition) is 0. The first-order valence-corrected chi connectivity index (χ1v) is 12.6. The summed E-state index contributed by atoms with van der Waals surface area (Å²) in [7, 11) is 0. The highest BCUT2D eigenvalue weighted by Gasteiger charge is 2.16. The van der Waals surface area contributed by atoms with Crippen molar-refractivity contribution in [2.24, 2.45) is 5.10 Å². The van der Waals surface area contributed by atoms with Gasteiger partial charge in [0, 0.05) is 32.7 Å². The number of aryl methyl sites for hydroxylation is 1. The van der Waals surface area contributed by atoms with Crippen LogP contribution >= 0.6 is 15.9 Å². The van der Waals surface area contributed by atoms with E-state index in [4.69, 9.17) is 4.98 Å². The van der Waals surface area contributed by atoms with E-state index in [-0.39, 0.29) is 11.5 Å². The monoisotopic (exact) mass is 526 g/mol. The topological polar surface area (TPSA) is 52.2 Å². The van der Waals surface area contributed by atoms with E-state index in [1.54, 1.807) is 6.21 Å². The van der Waals surface area contributed by atoms with Crippen LogP contribution in [0.4, 0.5) is 0 Å². The Kier molecular flexibility index (Phi) is 6.15. The molecule has 2 heterocycles. The molecule has 0 aliphatic rings. The molecule has 0 saturated heterocycles. The van der Waals surface area contributed by atoms with E-state index < -0.39 is 0 Å². The molecule has 0 aliphatic heterocycles. The Morgan fingerprint density at radius 3 is 2.60 bits per heavy atom. The van der Waals surface area contributed by atoms with Gasteiger partial charge in [0.2, 0.25) is 0 Å². The van der Waals surface area contributed by atoms with E-state index in [0.29, 0.717) is 16.7 Å². The third-order valence-corrected chi connectivity index (χ3v) is 7.17. The second-order valence-electron chi connectivity index (χ2n) is 8.96. The minimum atomic E-state index is -0.161. The predicted molar refractivity (Wildman–Crippen MR) is 148 cm³/mol. The largest absolute Gasteiger partial charge is 0.317 e. The molecule has 5 rings (SSSR count). The molecular formula is C29H27BrN4O. The van der Waals surface area contributed by atoms with Crippen LogP contribution in [0.25, 0.3) is 27.4 Å². The maximum atomic E-state index is 13.5. The Morgan fingerprint density at radius 1 is 1.03 bits per heavy atom. The number of benzene rings is 3. The summed E-state index contributed by atoms with van der Waals surface area (Å²) in [6.45, 7) is 8.35. The lowest BCUT2D eigenvalue weighted by Crippen LogP contribution is -2.23. The Labute approximate surface area is 212 Å². The average Bonchev–Trinajstić information content (AvgIpc) is 3.15. The molecule has 0 unspecified atom stereocenters. The van der Waals surface area contributed by atoms with Gasteiger partial charge < -0.3 is 4.57 Å². The zero-order valence-electron chi connectivity index (χ0n) is 20.3. The summed E-state index contributed by atoms with van der Waals surface area (Å²) < 4.78 is 4.56. The highest BCUT2D eigenvalue weighted by atomic mass is 79.9. The molecule has 1 atom stereocenters. The number of rotatable bonds is 5. The van der Waals surface area contributed by atoms with Crippen LogP contribution in [0, 0.1) is 13.8 Å². The summed E-state index contributed by atoms with van der Waals surface area (Å²) in [5.41, 5.74) is 4.80. The fourth-order valence-corrected chi connectivity index (χ4v) is 4.95. The van der Waals surface area contributed by atoms with Crippen LogP contribution < -0.4 is 5.56 Å². The molecule has 2 aromatic heterocycles. The van der Waals surface area contributed by atoms with Crippen LogP contribution in [0.2, 0.25) is 0 Å². The number of hydrogen-bond acceptors (Lipinski definition) is 3. The van der Waals surface area contributed by atoms with Crippen LogP contribution in [-0.2, 0) is 0 Å². The molecule has 0 amide bonds. The van der Waals surface area contributed by atoms with Crippen molar-refractivity contribution in [3.05, 3.63) is 104 Å². The van der Waals surface area contributed by atoms with Crippen molar-refractivity contribution in [2.45, 2.75) is 40.0 Å². The van der Waals surface area contributed by atoms with Gasteiger partial charge in [-0.05, 0) is 56.0 Å². The molecule has 35 heavy (non-hydrogen) atoms. The van der Waals surface area contributed by atoms with Crippen LogP contribution in [0.3, 0.4) is 0 Å². The normalized spacial score (nSPS) is 12.7. The van der Waals surface area contributed by atoms with Crippen molar-refractivity contribution < 1.29 is 0 Å². The minimum absolute atomic E-state index is 0.0935. The first-order valence-electron chi connectivity index (χ1n) is 11.8. The van der Waals surface area contributed by atoms with Crippen molar-refractivity contribution in [3.63, 3.8) is 0 Å². The Bertz CT molecular complexity index is 1660. The van der Waals surface area contributed by atoms with Crippen molar-refractivity contribution in [2.75, 3.05) is 0 Å². The van der Waals surface area contributed by atoms with E-state index >= 15 is 0 Å². The zero-order chi connectivity index (χ0) is 24.7. The maximum absolute atomic E-state index is 13.5. The van der Waals surface area contributed by atoms with Gasteiger partial charge in [-0.1, -0.05) is 66.2 Å². The molecule has 0 N–H and O–H groups in total. The molecule has 3 aromatic carbocycles. The van der Waals surface area contributed by atoms with E-state index in [2.05, 4.69) is 102 Å². The molecule has 0 bridgehead atoms. The molecule has 5 aromatic rings. The second-order valence-corrected chi connectivity index (χ2v) is 9.88. The summed E-state index contributed by atoms with van der Waals surface area (Å²) in [6.07, 6.45) is 2.64. The highest BCUT2D eigenvalue weighted by Crippen LogP contribution is 2.27. The summed E-state index contributed by atoms with van der Waals surface area (Å²) in [4.78, 5) is 18.3. The van der Waals surface area contributed by atoms with Gasteiger partial charge in [-0.3, -0.25) is 4.79 Å². The molecule has 0 fully saturated rings. The average molecular weight is 527 g/mol. The molecule has 6 heteroatoms. The smallest absolute Gasteiger partial charge is 0.282 e. The third-order valence-electron chi connectivity index (χ3n) is 6.68. The Balaban J connectivity index is 1.65. The fourth-order valence-electron chi connectivity index (χ4n) is 4.59. The van der Waals surface area contributed by atoms with E-state index in [0.717, 1.165) is 33.5 Å². The molecule has 0 aliphatic carbocycles. The van der Waals surface area contributed by atoms with Crippen molar-refractivity contribution in [1.82, 2.24) is 14.2 Å². The van der Waals surface area contributed by atoms with Crippen molar-refractivity contribution >= 4 is 43.8 Å². The summed E-state index contributed by atoms with van der Waals surface area (Å²) in [5.74, 6) is 0.766. The lowest BCUT2D eigenvalue weighted by Gasteiger charge is -2.14. The Hall–Kier alpha value is -3.51. The van der Waals surface area contributed by atoms with E-state index in [1.807, 2.05) is 18.2 Å². The fraction of sp³-hybridized carbons (Fsp3) is 0.207. The van der Waals surface area contributed by atoms with Crippen molar-refractivity contribution in [1.29, 1.82) is 0 Å². The van der Waals surface area contributed by atoms with Crippen LogP contribution in [-0.4, -0.2) is 20.4 Å². The lowest BCUT2D eigenvalue weighted by molar-refractivity contribution is 0.613. The second kappa shape index (κ2) is 9.27. The van der Waals surface area contributed by atoms with Crippen LogP contribution in [0.15, 0.2) is 81.1 Å². The van der Waals surface area contributed by atoms with Crippen LogP contribution in [0.1, 0.15) is 49.0 Å². The first-order chi connectivity index (χ1) is 16.9. The number of halogens is 1. The first kappa shape index (κ1) is 23.2. The number of fused-ring (bicyclic) bond motifs is 2. The molecule has 5 nitrogen and oxygen atoms in total. The number of aromatic nitrogens is 3. The van der Waals surface area contributed by atoms with Gasteiger partial charge in [0.15, 0.2) is 0 Å². The molecular weight excluding hydrogens is 500 g/mol. The quantitative estimate of drug-likeness (QED) is 0.229. The third kappa shape index (κ3) is 4.12. The van der Waals surface area contributed by atoms with Gasteiger partial charge in [-0.25, -0.2) is 4.98 Å². The van der Waals surface area contributed by atoms with Gasteiger partial charge in [0.25, 0.3) is 5.56 Å². The molecule has 0 radical (unpaired) electrons. The van der Waals surface area contributed by atoms with Gasteiger partial charge >= 0.3 is 0 Å². The lowest BCUT2D eigenvalue weighted by atomic mass is 10.1. The van der Waals surface area contributed by atoms with E-state index in [1.165, 1.54) is 15.4 Å². The SMILES string of the molecule is CC[C@@H](C)c1nc2ccc(Br)cc2c(=O)n1N=Cc1cc(C)n(-c2cccc3ccccc23)c1C. The zero-order valence-corrected chi connectivity index (χ0v) is 21.9. The predicted octanol–water partition coefficient (Wildman–Crippen LogP) is 7.12. The van der Waals surface area contributed by atoms with Gasteiger partial charge in [-0.2, -0.15) is 9.78 Å². The minimum Gasteiger partial charge on any atom is -0.317 e. The maximum Gasteiger partial charge on any atom is 0.282 e. The molecule has 0 saturated carbocycles. The van der Waals surface area contributed by atoms with E-state index in [9.17, 15) is 4.79 Å². The molecule has 176 valence electrons. The van der Waals surface area contributed by atoms with Crippen molar-refractivity contribution in [3.8, 4) is 5.69 Å². The standard InChI is InChI=1S/C29H27BrN4O/c1-5-18(2)28-32-26-14-13-23(30)16-25(26)29(35)34(28)31-17-22-15-19(3)33(20(22)4)27-12-8-10-21-9-6-7-11-24(21)27/h6-18H,5H2,1-4H3/t18-/m1/s1. The Morgan fingerprint density at radius 2 is 1.80 bits per heavy atom. The van der Waals surface area contributed by atoms with Gasteiger partial charge in [-0.15, -0.1) is 0 Å². The number of nitrogens with zero attached hydrogens (tertiary/aromatic N) is 4. The van der Waals surface area contributed by atoms with Gasteiger partial charge in [0.05, 0.1) is 22.8 Å². The van der Waals surface area contributed by atoms with Gasteiger partial charge in [0.1, 0.15) is 5.82 Å². The molecule has 0 spiro atoms. The summed E-state index contributed by atoms with van der Waals surface area (Å²) in [6, 6.07) is 22.5. The highest BCUT2D eigenvalue weighted by molar-refractivity contribution is 9.10.